The van der Waals surface area contributed by atoms with E-state index < -0.39 is 0 Å². The summed E-state index contributed by atoms with van der Waals surface area (Å²) in [4.78, 5) is 15.1. The minimum absolute atomic E-state index is 0.0112. The zero-order valence-corrected chi connectivity index (χ0v) is 18.6. The molecular weight excluding hydrogens is 413 g/mol. The molecule has 6 rings (SSSR count). The Morgan fingerprint density at radius 1 is 0.939 bits per heavy atom. The highest BCUT2D eigenvalue weighted by Crippen LogP contribution is 2.45. The van der Waals surface area contributed by atoms with Gasteiger partial charge < -0.3 is 4.74 Å². The molecule has 0 saturated carbocycles. The van der Waals surface area contributed by atoms with Crippen molar-refractivity contribution in [3.8, 4) is 11.1 Å². The second-order valence-corrected chi connectivity index (χ2v) is 9.32. The van der Waals surface area contributed by atoms with E-state index in [1.807, 2.05) is 30.0 Å². The first kappa shape index (κ1) is 20.2. The monoisotopic (exact) mass is 439 g/mol. The molecule has 3 aromatic rings. The van der Waals surface area contributed by atoms with Crippen LogP contribution in [0.4, 0.5) is 9.18 Å². The van der Waals surface area contributed by atoms with Crippen molar-refractivity contribution in [2.45, 2.75) is 44.2 Å². The van der Waals surface area contributed by atoms with Crippen molar-refractivity contribution >= 4 is 11.7 Å². The van der Waals surface area contributed by atoms with Gasteiger partial charge in [0.1, 0.15) is 12.4 Å². The van der Waals surface area contributed by atoms with Gasteiger partial charge in [-0.25, -0.2) is 9.18 Å². The summed E-state index contributed by atoms with van der Waals surface area (Å²) in [5.74, 6) is -0.121. The number of carbonyl (C=O) groups is 1. The number of benzene rings is 3. The molecule has 2 atom stereocenters. The second-order valence-electron chi connectivity index (χ2n) is 9.32. The number of hydrogen-bond acceptors (Lipinski definition) is 2. The molecule has 0 N–H and O–H groups in total. The van der Waals surface area contributed by atoms with Crippen molar-refractivity contribution in [2.75, 3.05) is 6.61 Å². The van der Waals surface area contributed by atoms with Gasteiger partial charge in [-0.3, -0.25) is 4.90 Å². The average molecular weight is 440 g/mol. The Morgan fingerprint density at radius 3 is 2.30 bits per heavy atom. The van der Waals surface area contributed by atoms with Gasteiger partial charge in [0.2, 0.25) is 0 Å². The van der Waals surface area contributed by atoms with Crippen LogP contribution >= 0.6 is 0 Å². The minimum Gasteiger partial charge on any atom is -0.448 e. The number of fused-ring (bicyclic) bond motifs is 5. The van der Waals surface area contributed by atoms with E-state index in [2.05, 4.69) is 42.5 Å². The summed E-state index contributed by atoms with van der Waals surface area (Å²) in [5, 5.41) is 0. The van der Waals surface area contributed by atoms with Crippen LogP contribution in [0.2, 0.25) is 0 Å². The van der Waals surface area contributed by atoms with Gasteiger partial charge in [-0.15, -0.1) is 0 Å². The Balaban J connectivity index is 1.21. The molecule has 3 aliphatic rings. The molecule has 1 amide bonds. The van der Waals surface area contributed by atoms with Crippen molar-refractivity contribution in [1.29, 1.82) is 0 Å². The Labute approximate surface area is 193 Å². The predicted octanol–water partition coefficient (Wildman–Crippen LogP) is 6.70. The van der Waals surface area contributed by atoms with Crippen LogP contribution in [0, 0.1) is 12.7 Å². The zero-order valence-electron chi connectivity index (χ0n) is 18.6. The molecular formula is C29H26FNO2. The lowest BCUT2D eigenvalue weighted by molar-refractivity contribution is 0.0866. The first-order valence-electron chi connectivity index (χ1n) is 11.7. The van der Waals surface area contributed by atoms with Crippen molar-refractivity contribution in [3.05, 3.63) is 101 Å². The summed E-state index contributed by atoms with van der Waals surface area (Å²) in [6.45, 7) is 2.16. The van der Waals surface area contributed by atoms with Gasteiger partial charge in [-0.05, 0) is 71.2 Å². The highest BCUT2D eigenvalue weighted by atomic mass is 19.1. The van der Waals surface area contributed by atoms with Gasteiger partial charge in [0.05, 0.1) is 6.04 Å². The van der Waals surface area contributed by atoms with Crippen LogP contribution in [0.3, 0.4) is 0 Å². The van der Waals surface area contributed by atoms with Gasteiger partial charge in [-0.1, -0.05) is 66.7 Å². The van der Waals surface area contributed by atoms with Crippen LogP contribution < -0.4 is 0 Å². The SMILES string of the molecule is Cc1c(F)cccc1C1=CC2CCC(C1)N2C(=O)OCC1c2ccccc2-c2ccccc21. The fourth-order valence-electron chi connectivity index (χ4n) is 5.94. The van der Waals surface area contributed by atoms with Crippen LogP contribution in [0.25, 0.3) is 16.7 Å². The van der Waals surface area contributed by atoms with E-state index in [-0.39, 0.29) is 29.9 Å². The molecule has 4 heteroatoms. The van der Waals surface area contributed by atoms with Gasteiger partial charge >= 0.3 is 6.09 Å². The lowest BCUT2D eigenvalue weighted by atomic mass is 9.92. The van der Waals surface area contributed by atoms with Crippen molar-refractivity contribution < 1.29 is 13.9 Å². The molecule has 3 aromatic carbocycles. The molecule has 3 nitrogen and oxygen atoms in total. The number of nitrogens with zero attached hydrogens (tertiary/aromatic N) is 1. The fourth-order valence-corrected chi connectivity index (χ4v) is 5.94. The maximum absolute atomic E-state index is 14.1. The van der Waals surface area contributed by atoms with E-state index in [0.717, 1.165) is 30.4 Å². The molecule has 1 aliphatic carbocycles. The maximum atomic E-state index is 14.1. The van der Waals surface area contributed by atoms with E-state index in [9.17, 15) is 9.18 Å². The van der Waals surface area contributed by atoms with Gasteiger partial charge in [0.25, 0.3) is 0 Å². The van der Waals surface area contributed by atoms with Gasteiger partial charge in [-0.2, -0.15) is 0 Å². The van der Waals surface area contributed by atoms with Crippen LogP contribution in [0.5, 0.6) is 0 Å². The number of amides is 1. The summed E-state index contributed by atoms with van der Waals surface area (Å²) in [5.41, 5.74) is 7.67. The summed E-state index contributed by atoms with van der Waals surface area (Å²) in [7, 11) is 0. The Hall–Kier alpha value is -3.40. The molecule has 2 unspecified atom stereocenters. The largest absolute Gasteiger partial charge is 0.448 e. The van der Waals surface area contributed by atoms with Crippen LogP contribution in [0.15, 0.2) is 72.8 Å². The Bertz CT molecular complexity index is 1230. The second kappa shape index (κ2) is 7.87. The molecule has 2 bridgehead atoms. The third-order valence-corrected chi connectivity index (χ3v) is 7.56. The smallest absolute Gasteiger partial charge is 0.410 e. The van der Waals surface area contributed by atoms with Crippen LogP contribution in [0.1, 0.15) is 47.4 Å². The lowest BCUT2D eigenvalue weighted by Crippen LogP contribution is -2.43. The number of halogens is 1. The quantitative estimate of drug-likeness (QED) is 0.454. The third kappa shape index (κ3) is 3.28. The first-order valence-corrected chi connectivity index (χ1v) is 11.7. The Kier molecular flexibility index (Phi) is 4.83. The standard InChI is InChI=1S/C29H26FNO2/c1-18-22(11-6-12-28(18)30)19-15-20-13-14-21(16-19)31(20)29(32)33-17-27-25-9-4-2-7-23(25)24-8-3-5-10-26(24)27/h2-12,15,20-21,27H,13-14,16-17H2,1H3. The molecule has 1 fully saturated rings. The maximum Gasteiger partial charge on any atom is 0.410 e. The number of ether oxygens (including phenoxy) is 1. The van der Waals surface area contributed by atoms with E-state index in [0.29, 0.717) is 12.2 Å². The van der Waals surface area contributed by atoms with Crippen molar-refractivity contribution in [2.24, 2.45) is 0 Å². The third-order valence-electron chi connectivity index (χ3n) is 7.56. The zero-order chi connectivity index (χ0) is 22.5. The summed E-state index contributed by atoms with van der Waals surface area (Å²) >= 11 is 0. The van der Waals surface area contributed by atoms with Crippen molar-refractivity contribution in [3.63, 3.8) is 0 Å². The molecule has 0 spiro atoms. The van der Waals surface area contributed by atoms with E-state index >= 15 is 0 Å². The van der Waals surface area contributed by atoms with E-state index in [1.165, 1.54) is 28.3 Å². The van der Waals surface area contributed by atoms with Crippen LogP contribution in [-0.2, 0) is 4.74 Å². The molecule has 2 aliphatic heterocycles. The van der Waals surface area contributed by atoms with Gasteiger partial charge in [0.15, 0.2) is 0 Å². The van der Waals surface area contributed by atoms with Gasteiger partial charge in [0, 0.05) is 12.0 Å². The molecule has 33 heavy (non-hydrogen) atoms. The first-order chi connectivity index (χ1) is 16.1. The number of carbonyl (C=O) groups excluding carboxylic acids is 1. The topological polar surface area (TPSA) is 29.5 Å². The minimum atomic E-state index is -0.240. The molecule has 166 valence electrons. The van der Waals surface area contributed by atoms with Crippen LogP contribution in [-0.4, -0.2) is 29.7 Å². The lowest BCUT2D eigenvalue weighted by Gasteiger charge is -2.34. The fraction of sp³-hybridized carbons (Fsp3) is 0.276. The highest BCUT2D eigenvalue weighted by molar-refractivity contribution is 5.79. The van der Waals surface area contributed by atoms with E-state index in [1.54, 1.807) is 6.07 Å². The molecule has 1 saturated heterocycles. The molecule has 0 aromatic heterocycles. The summed E-state index contributed by atoms with van der Waals surface area (Å²) in [6, 6.07) is 22.1. The summed E-state index contributed by atoms with van der Waals surface area (Å²) < 4.78 is 20.0. The normalized spacial score (nSPS) is 20.9. The number of rotatable bonds is 3. The molecule has 2 heterocycles. The van der Waals surface area contributed by atoms with Crippen molar-refractivity contribution in [1.82, 2.24) is 4.90 Å². The number of hydrogen-bond donors (Lipinski definition) is 0. The predicted molar refractivity (Wildman–Crippen MR) is 127 cm³/mol. The van der Waals surface area contributed by atoms with E-state index in [4.69, 9.17) is 4.74 Å². The average Bonchev–Trinajstić information content (AvgIpc) is 3.30. The summed E-state index contributed by atoms with van der Waals surface area (Å²) in [6.07, 6.45) is 4.52. The highest BCUT2D eigenvalue weighted by Gasteiger charge is 2.41. The molecule has 0 radical (unpaired) electrons. The Morgan fingerprint density at radius 2 is 1.61 bits per heavy atom.